The van der Waals surface area contributed by atoms with Crippen molar-refractivity contribution in [3.05, 3.63) is 0 Å². The molecule has 114 valence electrons. The second-order valence-corrected chi connectivity index (χ2v) is 4.29. The molecule has 0 radical (unpaired) electrons. The molecule has 0 aromatic heterocycles. The predicted octanol–water partition coefficient (Wildman–Crippen LogP) is -1.46. The van der Waals surface area contributed by atoms with Gasteiger partial charge in [0.15, 0.2) is 0 Å². The summed E-state index contributed by atoms with van der Waals surface area (Å²) in [7, 11) is 0. The Hall–Kier alpha value is -0.280. The third kappa shape index (κ3) is 5.31. The quantitative estimate of drug-likeness (QED) is 0.475. The first-order chi connectivity index (χ1) is 9.24. The van der Waals surface area contributed by atoms with Crippen molar-refractivity contribution in [1.82, 2.24) is 0 Å². The van der Waals surface area contributed by atoms with Gasteiger partial charge in [-0.3, -0.25) is 0 Å². The van der Waals surface area contributed by atoms with Crippen LogP contribution in [0.3, 0.4) is 0 Å². The van der Waals surface area contributed by atoms with Crippen LogP contribution in [0.2, 0.25) is 0 Å². The van der Waals surface area contributed by atoms with Crippen molar-refractivity contribution in [3.63, 3.8) is 0 Å². The Kier molecular flexibility index (Phi) is 8.47. The van der Waals surface area contributed by atoms with Gasteiger partial charge in [0, 0.05) is 0 Å². The molecule has 7 nitrogen and oxygen atoms in total. The van der Waals surface area contributed by atoms with E-state index in [9.17, 15) is 0 Å². The maximum atomic E-state index is 8.87. The lowest BCUT2D eigenvalue weighted by atomic mass is 10.0. The summed E-state index contributed by atoms with van der Waals surface area (Å²) in [5.74, 6) is 0. The van der Waals surface area contributed by atoms with E-state index in [1.807, 2.05) is 6.92 Å². The van der Waals surface area contributed by atoms with E-state index in [2.05, 4.69) is 0 Å². The van der Waals surface area contributed by atoms with Gasteiger partial charge in [0.2, 0.25) is 0 Å². The summed E-state index contributed by atoms with van der Waals surface area (Å²) < 4.78 is 22.1. The minimum Gasteiger partial charge on any atom is -0.394 e. The van der Waals surface area contributed by atoms with Crippen LogP contribution >= 0.6 is 0 Å². The Morgan fingerprint density at radius 3 is 2.00 bits per heavy atom. The van der Waals surface area contributed by atoms with Gasteiger partial charge in [-0.2, -0.15) is 0 Å². The zero-order valence-electron chi connectivity index (χ0n) is 11.2. The summed E-state index contributed by atoms with van der Waals surface area (Å²) in [5.41, 5.74) is 0. The first kappa shape index (κ1) is 16.8. The predicted molar refractivity (Wildman–Crippen MR) is 65.9 cm³/mol. The van der Waals surface area contributed by atoms with Crippen molar-refractivity contribution in [1.29, 1.82) is 0 Å². The number of hydrogen-bond acceptors (Lipinski definition) is 7. The molecule has 0 spiro atoms. The first-order valence-corrected chi connectivity index (χ1v) is 6.53. The minimum atomic E-state index is -0.394. The van der Waals surface area contributed by atoms with Gasteiger partial charge >= 0.3 is 0 Å². The van der Waals surface area contributed by atoms with E-state index >= 15 is 0 Å². The van der Waals surface area contributed by atoms with Gasteiger partial charge in [-0.1, -0.05) is 0 Å². The van der Waals surface area contributed by atoms with Crippen molar-refractivity contribution < 1.29 is 34.3 Å². The highest BCUT2D eigenvalue weighted by atomic mass is 16.6. The molecule has 0 saturated carbocycles. The monoisotopic (exact) mass is 280 g/mol. The molecular formula is C12H24O7. The van der Waals surface area contributed by atoms with Crippen LogP contribution < -0.4 is 0 Å². The van der Waals surface area contributed by atoms with Crippen LogP contribution in [-0.2, 0) is 18.9 Å². The number of aliphatic hydroxyl groups is 3. The molecule has 1 aliphatic rings. The number of aliphatic hydroxyl groups excluding tert-OH is 3. The molecule has 4 atom stereocenters. The third-order valence-electron chi connectivity index (χ3n) is 2.90. The zero-order valence-corrected chi connectivity index (χ0v) is 11.2. The Morgan fingerprint density at radius 1 is 0.895 bits per heavy atom. The Morgan fingerprint density at radius 2 is 1.42 bits per heavy atom. The first-order valence-electron chi connectivity index (χ1n) is 6.53. The molecule has 1 saturated heterocycles. The zero-order chi connectivity index (χ0) is 14.1. The van der Waals surface area contributed by atoms with E-state index in [1.54, 1.807) is 0 Å². The van der Waals surface area contributed by atoms with E-state index in [1.165, 1.54) is 0 Å². The fraction of sp³-hybridized carbons (Fsp3) is 1.00. The molecule has 7 heteroatoms. The minimum absolute atomic E-state index is 0.0824. The van der Waals surface area contributed by atoms with Crippen LogP contribution in [0, 0.1) is 0 Å². The molecule has 1 rings (SSSR count). The second kappa shape index (κ2) is 9.60. The number of rotatable bonds is 9. The molecule has 19 heavy (non-hydrogen) atoms. The molecule has 0 aliphatic carbocycles. The maximum Gasteiger partial charge on any atom is 0.115 e. The molecule has 1 aliphatic heterocycles. The summed E-state index contributed by atoms with van der Waals surface area (Å²) in [4.78, 5) is 0. The summed E-state index contributed by atoms with van der Waals surface area (Å²) >= 11 is 0. The van der Waals surface area contributed by atoms with Crippen molar-refractivity contribution >= 4 is 0 Å². The second-order valence-electron chi connectivity index (χ2n) is 4.29. The van der Waals surface area contributed by atoms with E-state index in [0.29, 0.717) is 6.61 Å². The van der Waals surface area contributed by atoms with E-state index in [0.717, 1.165) is 0 Å². The topological polar surface area (TPSA) is 97.6 Å². The summed E-state index contributed by atoms with van der Waals surface area (Å²) in [6.07, 6.45) is -1.33. The molecule has 0 aromatic rings. The Balaban J connectivity index is 2.63. The lowest BCUT2D eigenvalue weighted by Gasteiger charge is -2.40. The highest BCUT2D eigenvalue weighted by Gasteiger charge is 2.40. The average molecular weight is 280 g/mol. The lowest BCUT2D eigenvalue weighted by molar-refractivity contribution is -0.230. The van der Waals surface area contributed by atoms with E-state index in [-0.39, 0.29) is 58.0 Å². The Labute approximate surface area is 113 Å². The van der Waals surface area contributed by atoms with E-state index < -0.39 is 6.10 Å². The number of hydrogen-bond donors (Lipinski definition) is 3. The molecule has 4 unspecified atom stereocenters. The van der Waals surface area contributed by atoms with Crippen molar-refractivity contribution in [2.45, 2.75) is 31.3 Å². The van der Waals surface area contributed by atoms with Gasteiger partial charge in [0.1, 0.15) is 18.3 Å². The summed E-state index contributed by atoms with van der Waals surface area (Å²) in [5, 5.41) is 26.5. The molecule has 1 heterocycles. The molecule has 0 amide bonds. The van der Waals surface area contributed by atoms with Gasteiger partial charge in [-0.05, 0) is 6.92 Å². The van der Waals surface area contributed by atoms with Crippen LogP contribution in [0.4, 0.5) is 0 Å². The lowest BCUT2D eigenvalue weighted by Crippen LogP contribution is -2.55. The van der Waals surface area contributed by atoms with Crippen molar-refractivity contribution in [2.75, 3.05) is 46.2 Å². The molecule has 0 aromatic carbocycles. The van der Waals surface area contributed by atoms with Gasteiger partial charge in [-0.25, -0.2) is 0 Å². The highest BCUT2D eigenvalue weighted by Crippen LogP contribution is 2.23. The smallest absolute Gasteiger partial charge is 0.115 e. The molecule has 1 fully saturated rings. The highest BCUT2D eigenvalue weighted by molar-refractivity contribution is 4.88. The third-order valence-corrected chi connectivity index (χ3v) is 2.90. The van der Waals surface area contributed by atoms with Crippen LogP contribution in [0.25, 0.3) is 0 Å². The maximum absolute atomic E-state index is 8.87. The van der Waals surface area contributed by atoms with Crippen molar-refractivity contribution in [2.24, 2.45) is 0 Å². The number of ether oxygens (including phenoxy) is 4. The van der Waals surface area contributed by atoms with Crippen LogP contribution in [-0.4, -0.2) is 86.0 Å². The van der Waals surface area contributed by atoms with Gasteiger partial charge in [0.05, 0.1) is 52.4 Å². The normalized spacial score (nSPS) is 31.6. The Bertz CT molecular complexity index is 224. The van der Waals surface area contributed by atoms with Crippen LogP contribution in [0.15, 0.2) is 0 Å². The molecule has 3 N–H and O–H groups in total. The standard InChI is InChI=1S/C12H24O7/c1-9-11(17-6-3-14)12(18-7-4-15)10(8-19-9)16-5-2-13/h9-15H,2-8H2,1H3. The van der Waals surface area contributed by atoms with Crippen LogP contribution in [0.1, 0.15) is 6.92 Å². The van der Waals surface area contributed by atoms with Gasteiger partial charge in [-0.15, -0.1) is 0 Å². The molecular weight excluding hydrogens is 256 g/mol. The average Bonchev–Trinajstić information content (AvgIpc) is 2.42. The van der Waals surface area contributed by atoms with Gasteiger partial charge < -0.3 is 34.3 Å². The van der Waals surface area contributed by atoms with Crippen molar-refractivity contribution in [3.8, 4) is 0 Å². The van der Waals surface area contributed by atoms with E-state index in [4.69, 9.17) is 34.3 Å². The fourth-order valence-electron chi connectivity index (χ4n) is 2.07. The largest absolute Gasteiger partial charge is 0.394 e. The molecule has 0 bridgehead atoms. The fourth-order valence-corrected chi connectivity index (χ4v) is 2.07. The van der Waals surface area contributed by atoms with Crippen LogP contribution in [0.5, 0.6) is 0 Å². The summed E-state index contributed by atoms with van der Waals surface area (Å²) in [6, 6.07) is 0. The summed E-state index contributed by atoms with van der Waals surface area (Å²) in [6.45, 7) is 2.49. The SMILES string of the molecule is CC1OCC(OCCO)C(OCCO)C1OCCO. The van der Waals surface area contributed by atoms with Gasteiger partial charge in [0.25, 0.3) is 0 Å².